The molecule has 0 saturated carbocycles. The maximum absolute atomic E-state index is 13.2. The number of hydrogen-bond acceptors (Lipinski definition) is 5. The molecule has 1 heterocycles. The number of nitrogens with one attached hydrogen (secondary N) is 1. The van der Waals surface area contributed by atoms with Gasteiger partial charge in [0.25, 0.3) is 0 Å². The molecule has 0 radical (unpaired) electrons. The second kappa shape index (κ2) is 9.26. The number of rotatable bonds is 7. The zero-order valence-corrected chi connectivity index (χ0v) is 19.8. The van der Waals surface area contributed by atoms with Gasteiger partial charge in [0.2, 0.25) is 6.79 Å². The number of nitrogens with zero attached hydrogens (tertiary/aromatic N) is 1. The van der Waals surface area contributed by atoms with Crippen LogP contribution in [-0.4, -0.2) is 31.2 Å². The quantitative estimate of drug-likeness (QED) is 0.129. The molecular weight excluding hydrogens is 679 g/mol. The average molecular weight is 690 g/mol. The van der Waals surface area contributed by atoms with Crippen LogP contribution in [0.15, 0.2) is 35.4 Å². The van der Waals surface area contributed by atoms with Gasteiger partial charge in [-0.25, -0.2) is 5.43 Å². The number of halogens is 9. The third-order valence-corrected chi connectivity index (χ3v) is 5.61. The number of alkyl halides is 7. The van der Waals surface area contributed by atoms with Crippen LogP contribution < -0.4 is 19.6 Å². The van der Waals surface area contributed by atoms with Gasteiger partial charge in [-0.15, -0.1) is 0 Å². The van der Waals surface area contributed by atoms with Gasteiger partial charge in [-0.1, -0.05) is 6.07 Å². The van der Waals surface area contributed by atoms with Crippen molar-refractivity contribution in [3.8, 4) is 17.2 Å². The molecular formula is C18H11F7I2N2O3. The zero-order chi connectivity index (χ0) is 23.7. The van der Waals surface area contributed by atoms with Gasteiger partial charge in [0.1, 0.15) is 12.4 Å². The largest absolute Gasteiger partial charge is 0.487 e. The van der Waals surface area contributed by atoms with Crippen LogP contribution in [0.2, 0.25) is 0 Å². The molecule has 2 aromatic carbocycles. The van der Waals surface area contributed by atoms with Crippen LogP contribution in [0.1, 0.15) is 11.1 Å². The molecule has 0 amide bonds. The van der Waals surface area contributed by atoms with Gasteiger partial charge in [-0.05, 0) is 80.6 Å². The predicted molar refractivity (Wildman–Crippen MR) is 115 cm³/mol. The lowest BCUT2D eigenvalue weighted by Crippen LogP contribution is -2.58. The van der Waals surface area contributed by atoms with E-state index in [1.54, 1.807) is 18.2 Å². The Morgan fingerprint density at radius 3 is 2.22 bits per heavy atom. The minimum Gasteiger partial charge on any atom is -0.487 e. The van der Waals surface area contributed by atoms with Gasteiger partial charge in [-0.3, -0.25) is 0 Å². The van der Waals surface area contributed by atoms with E-state index in [1.165, 1.54) is 12.1 Å². The Kier molecular flexibility index (Phi) is 7.21. The van der Waals surface area contributed by atoms with Crippen LogP contribution in [-0.2, 0) is 6.61 Å². The van der Waals surface area contributed by atoms with Gasteiger partial charge in [-0.2, -0.15) is 35.8 Å². The standard InChI is InChI=1S/C18H11F7I2N2O3/c19-16(20,17(21,22)23)18(24,25)29-28-6-10-3-11(26)15(12(27)4-10)30-7-9-1-2-13-14(5-9)32-8-31-13/h1-6,29H,7-8H2/b28-6+. The van der Waals surface area contributed by atoms with E-state index in [0.717, 1.165) is 5.56 Å². The summed E-state index contributed by atoms with van der Waals surface area (Å²) in [4.78, 5) is 0. The van der Waals surface area contributed by atoms with Crippen molar-refractivity contribution >= 4 is 51.4 Å². The molecule has 0 fully saturated rings. The number of hydrogen-bond donors (Lipinski definition) is 1. The first-order valence-corrected chi connectivity index (χ1v) is 10.6. The summed E-state index contributed by atoms with van der Waals surface area (Å²) in [6.07, 6.45) is -5.74. The van der Waals surface area contributed by atoms with E-state index in [0.29, 0.717) is 36.0 Å². The van der Waals surface area contributed by atoms with Gasteiger partial charge < -0.3 is 14.2 Å². The van der Waals surface area contributed by atoms with Crippen molar-refractivity contribution < 1.29 is 44.9 Å². The fourth-order valence-electron chi connectivity index (χ4n) is 2.41. The Balaban J connectivity index is 1.67. The fraction of sp³-hybridized carbons (Fsp3) is 0.278. The summed E-state index contributed by atoms with van der Waals surface area (Å²) in [7, 11) is 0. The average Bonchev–Trinajstić information content (AvgIpc) is 3.14. The molecule has 0 aromatic heterocycles. The molecule has 1 aliphatic rings. The number of hydrazone groups is 1. The fourth-order valence-corrected chi connectivity index (χ4v) is 4.54. The van der Waals surface area contributed by atoms with E-state index < -0.39 is 18.1 Å². The zero-order valence-electron chi connectivity index (χ0n) is 15.5. The second-order valence-electron chi connectivity index (χ2n) is 6.31. The lowest BCUT2D eigenvalue weighted by atomic mass is 10.2. The second-order valence-corrected chi connectivity index (χ2v) is 8.63. The lowest BCUT2D eigenvalue weighted by Gasteiger charge is -2.27. The molecule has 0 aliphatic carbocycles. The molecule has 0 atom stereocenters. The lowest BCUT2D eigenvalue weighted by molar-refractivity contribution is -0.361. The third-order valence-electron chi connectivity index (χ3n) is 4.01. The highest BCUT2D eigenvalue weighted by molar-refractivity contribution is 14.1. The van der Waals surface area contributed by atoms with Gasteiger partial charge >= 0.3 is 18.1 Å². The van der Waals surface area contributed by atoms with Gasteiger partial charge in [0, 0.05) is 0 Å². The molecule has 0 spiro atoms. The van der Waals surface area contributed by atoms with Crippen LogP contribution >= 0.6 is 45.2 Å². The van der Waals surface area contributed by atoms with Crippen LogP contribution in [0.5, 0.6) is 17.2 Å². The van der Waals surface area contributed by atoms with E-state index in [9.17, 15) is 30.7 Å². The van der Waals surface area contributed by atoms with Crippen LogP contribution in [0, 0.1) is 7.14 Å². The summed E-state index contributed by atoms with van der Waals surface area (Å²) < 4.78 is 106. The maximum Gasteiger partial charge on any atom is 0.462 e. The molecule has 0 saturated heterocycles. The normalized spacial score (nSPS) is 14.2. The van der Waals surface area contributed by atoms with E-state index in [1.807, 2.05) is 45.2 Å². The molecule has 1 N–H and O–H groups in total. The highest BCUT2D eigenvalue weighted by Gasteiger charge is 2.73. The summed E-state index contributed by atoms with van der Waals surface area (Å²) in [6.45, 7) is 0.309. The topological polar surface area (TPSA) is 52.1 Å². The SMILES string of the molecule is FC(F)(F)C(F)(F)C(F)(F)N/N=C/c1cc(I)c(OCc2ccc3c(c2)OCO3)c(I)c1. The minimum absolute atomic E-state index is 0.132. The summed E-state index contributed by atoms with van der Waals surface area (Å²) in [5.74, 6) is -4.63. The summed E-state index contributed by atoms with van der Waals surface area (Å²) >= 11 is 3.80. The molecule has 14 heteroatoms. The smallest absolute Gasteiger partial charge is 0.462 e. The first-order chi connectivity index (χ1) is 14.8. The van der Waals surface area contributed by atoms with E-state index in [-0.39, 0.29) is 19.0 Å². The molecule has 0 unspecified atom stereocenters. The summed E-state index contributed by atoms with van der Waals surface area (Å²) in [6, 6.07) is 2.52. The van der Waals surface area contributed by atoms with Crippen molar-refractivity contribution in [1.29, 1.82) is 0 Å². The number of fused-ring (bicyclic) bond motifs is 1. The van der Waals surface area contributed by atoms with Crippen molar-refractivity contribution in [3.05, 3.63) is 48.6 Å². The Bertz CT molecular complexity index is 1010. The molecule has 32 heavy (non-hydrogen) atoms. The van der Waals surface area contributed by atoms with Crippen LogP contribution in [0.3, 0.4) is 0 Å². The van der Waals surface area contributed by atoms with E-state index in [2.05, 4.69) is 5.10 Å². The summed E-state index contributed by atoms with van der Waals surface area (Å²) in [5, 5.41) is 2.85. The van der Waals surface area contributed by atoms with E-state index in [4.69, 9.17) is 14.2 Å². The number of benzene rings is 2. The first kappa shape index (κ1) is 24.9. The number of ether oxygens (including phenoxy) is 3. The van der Waals surface area contributed by atoms with Crippen molar-refractivity contribution in [2.75, 3.05) is 6.79 Å². The summed E-state index contributed by atoms with van der Waals surface area (Å²) in [5.41, 5.74) is 1.55. The van der Waals surface area contributed by atoms with Crippen LogP contribution in [0.4, 0.5) is 30.7 Å². The monoisotopic (exact) mass is 690 g/mol. The first-order valence-electron chi connectivity index (χ1n) is 8.45. The molecule has 1 aliphatic heterocycles. The van der Waals surface area contributed by atoms with Crippen molar-refractivity contribution in [1.82, 2.24) is 5.43 Å². The Labute approximate surface area is 203 Å². The van der Waals surface area contributed by atoms with Gasteiger partial charge in [0.05, 0.1) is 13.4 Å². The van der Waals surface area contributed by atoms with Crippen molar-refractivity contribution in [2.24, 2.45) is 5.10 Å². The van der Waals surface area contributed by atoms with E-state index >= 15 is 0 Å². The highest BCUT2D eigenvalue weighted by Crippen LogP contribution is 2.45. The highest BCUT2D eigenvalue weighted by atomic mass is 127. The Hall–Kier alpha value is -1.72. The van der Waals surface area contributed by atoms with Crippen molar-refractivity contribution in [3.63, 3.8) is 0 Å². The molecule has 5 nitrogen and oxygen atoms in total. The third kappa shape index (κ3) is 5.26. The minimum atomic E-state index is -6.44. The molecule has 2 aromatic rings. The van der Waals surface area contributed by atoms with Gasteiger partial charge in [0.15, 0.2) is 11.5 Å². The Morgan fingerprint density at radius 2 is 1.59 bits per heavy atom. The maximum atomic E-state index is 13.2. The molecule has 3 rings (SSSR count). The van der Waals surface area contributed by atoms with Crippen LogP contribution in [0.25, 0.3) is 0 Å². The molecule has 174 valence electrons. The Morgan fingerprint density at radius 1 is 0.969 bits per heavy atom. The molecule has 0 bridgehead atoms. The predicted octanol–water partition coefficient (Wildman–Crippen LogP) is 5.92. The van der Waals surface area contributed by atoms with Crippen molar-refractivity contribution in [2.45, 2.75) is 24.8 Å².